The van der Waals surface area contributed by atoms with E-state index in [-0.39, 0.29) is 11.3 Å². The Morgan fingerprint density at radius 3 is 2.94 bits per heavy atom. The predicted molar refractivity (Wildman–Crippen MR) is 70.9 cm³/mol. The van der Waals surface area contributed by atoms with E-state index in [9.17, 15) is 4.79 Å². The summed E-state index contributed by atoms with van der Waals surface area (Å²) in [7, 11) is 1.69. The van der Waals surface area contributed by atoms with Crippen molar-refractivity contribution in [3.63, 3.8) is 0 Å². The third-order valence-corrected chi connectivity index (χ3v) is 3.75. The topological polar surface area (TPSA) is 45.2 Å². The normalized spacial score (nSPS) is 23.8. The van der Waals surface area contributed by atoms with Crippen LogP contribution in [-0.2, 0) is 4.79 Å². The molecule has 1 unspecified atom stereocenters. The van der Waals surface area contributed by atoms with E-state index in [0.717, 1.165) is 29.8 Å². The van der Waals surface area contributed by atoms with Gasteiger partial charge in [0.15, 0.2) is 0 Å². The molecule has 0 radical (unpaired) electrons. The van der Waals surface area contributed by atoms with E-state index in [2.05, 4.69) is 31.1 Å². The number of hydrogen-bond acceptors (Lipinski definition) is 3. The number of anilines is 1. The van der Waals surface area contributed by atoms with Gasteiger partial charge in [0.25, 0.3) is 0 Å². The highest BCUT2D eigenvalue weighted by atomic mass is 79.9. The summed E-state index contributed by atoms with van der Waals surface area (Å²) in [5.41, 5.74) is -0.302. The second-order valence-corrected chi connectivity index (χ2v) is 5.56. The molecule has 1 N–H and O–H groups in total. The summed E-state index contributed by atoms with van der Waals surface area (Å²) in [6, 6.07) is 3.94. The van der Waals surface area contributed by atoms with Crippen LogP contribution in [0.3, 0.4) is 0 Å². The lowest BCUT2D eigenvalue weighted by Gasteiger charge is -2.23. The molecule has 1 atom stereocenters. The number of rotatable bonds is 2. The summed E-state index contributed by atoms with van der Waals surface area (Å²) in [6.07, 6.45) is 2.65. The fraction of sp³-hybridized carbons (Fsp3) is 0.500. The van der Waals surface area contributed by atoms with Crippen LogP contribution in [0.1, 0.15) is 13.3 Å². The molecular weight excluding hydrogens is 282 g/mol. The number of carbonyl (C=O) groups excluding carboxylic acids is 1. The van der Waals surface area contributed by atoms with Gasteiger partial charge in [-0.1, -0.05) is 0 Å². The number of nitrogens with zero attached hydrogens (tertiary/aromatic N) is 2. The SMILES string of the molecule is CNC(=O)C1(C)CCN(c2ccc(Br)cn2)C1. The maximum atomic E-state index is 11.8. The van der Waals surface area contributed by atoms with Crippen LogP contribution in [0, 0.1) is 5.41 Å². The Labute approximate surface area is 110 Å². The van der Waals surface area contributed by atoms with Crippen LogP contribution in [0.25, 0.3) is 0 Å². The van der Waals surface area contributed by atoms with Crippen LogP contribution in [0.4, 0.5) is 5.82 Å². The molecule has 1 aromatic heterocycles. The molecule has 1 aliphatic rings. The molecule has 2 rings (SSSR count). The maximum Gasteiger partial charge on any atom is 0.227 e. The number of carbonyl (C=O) groups is 1. The summed E-state index contributed by atoms with van der Waals surface area (Å²) in [4.78, 5) is 18.3. The zero-order valence-corrected chi connectivity index (χ0v) is 11.6. The first-order valence-electron chi connectivity index (χ1n) is 5.64. The number of pyridine rings is 1. The van der Waals surface area contributed by atoms with Crippen molar-refractivity contribution in [2.75, 3.05) is 25.0 Å². The molecule has 1 amide bonds. The van der Waals surface area contributed by atoms with E-state index in [1.807, 2.05) is 19.1 Å². The molecule has 2 heterocycles. The highest BCUT2D eigenvalue weighted by Crippen LogP contribution is 2.32. The molecule has 0 spiro atoms. The van der Waals surface area contributed by atoms with Gasteiger partial charge in [0, 0.05) is 30.8 Å². The van der Waals surface area contributed by atoms with Gasteiger partial charge < -0.3 is 10.2 Å². The van der Waals surface area contributed by atoms with Crippen molar-refractivity contribution in [2.24, 2.45) is 5.41 Å². The van der Waals surface area contributed by atoms with Crippen molar-refractivity contribution in [1.82, 2.24) is 10.3 Å². The van der Waals surface area contributed by atoms with Crippen molar-refractivity contribution < 1.29 is 4.79 Å². The van der Waals surface area contributed by atoms with Crippen LogP contribution >= 0.6 is 15.9 Å². The zero-order chi connectivity index (χ0) is 12.5. The quantitative estimate of drug-likeness (QED) is 0.905. The lowest BCUT2D eigenvalue weighted by atomic mass is 9.89. The van der Waals surface area contributed by atoms with E-state index in [1.165, 1.54) is 0 Å². The van der Waals surface area contributed by atoms with Crippen molar-refractivity contribution in [2.45, 2.75) is 13.3 Å². The number of aromatic nitrogens is 1. The largest absolute Gasteiger partial charge is 0.359 e. The van der Waals surface area contributed by atoms with E-state index in [4.69, 9.17) is 0 Å². The molecule has 17 heavy (non-hydrogen) atoms. The highest BCUT2D eigenvalue weighted by molar-refractivity contribution is 9.10. The van der Waals surface area contributed by atoms with Crippen LogP contribution in [0.5, 0.6) is 0 Å². The minimum Gasteiger partial charge on any atom is -0.359 e. The van der Waals surface area contributed by atoms with Gasteiger partial charge >= 0.3 is 0 Å². The van der Waals surface area contributed by atoms with Crippen molar-refractivity contribution in [3.05, 3.63) is 22.8 Å². The number of halogens is 1. The molecule has 0 bridgehead atoms. The smallest absolute Gasteiger partial charge is 0.227 e. The molecular formula is C12H16BrN3O. The van der Waals surface area contributed by atoms with E-state index in [1.54, 1.807) is 13.2 Å². The van der Waals surface area contributed by atoms with Gasteiger partial charge in [-0.2, -0.15) is 0 Å². The molecule has 4 nitrogen and oxygen atoms in total. The first kappa shape index (κ1) is 12.4. The third kappa shape index (κ3) is 2.44. The Bertz CT molecular complexity index is 420. The van der Waals surface area contributed by atoms with Crippen LogP contribution in [0.2, 0.25) is 0 Å². The van der Waals surface area contributed by atoms with E-state index in [0.29, 0.717) is 0 Å². The van der Waals surface area contributed by atoms with Crippen molar-refractivity contribution >= 4 is 27.7 Å². The van der Waals surface area contributed by atoms with Gasteiger partial charge in [-0.3, -0.25) is 4.79 Å². The standard InChI is InChI=1S/C12H16BrN3O/c1-12(11(17)14-2)5-6-16(8-12)10-4-3-9(13)7-15-10/h3-4,7H,5-6,8H2,1-2H3,(H,14,17). The number of hydrogen-bond donors (Lipinski definition) is 1. The Kier molecular flexibility index (Phi) is 3.38. The molecule has 0 aromatic carbocycles. The predicted octanol–water partition coefficient (Wildman–Crippen LogP) is 1.81. The second kappa shape index (κ2) is 4.64. The maximum absolute atomic E-state index is 11.8. The molecule has 0 aliphatic carbocycles. The van der Waals surface area contributed by atoms with Gasteiger partial charge in [-0.25, -0.2) is 4.98 Å². The fourth-order valence-electron chi connectivity index (χ4n) is 2.20. The lowest BCUT2D eigenvalue weighted by molar-refractivity contribution is -0.128. The fourth-order valence-corrected chi connectivity index (χ4v) is 2.43. The Balaban J connectivity index is 2.12. The summed E-state index contributed by atoms with van der Waals surface area (Å²) in [5, 5.41) is 2.74. The summed E-state index contributed by atoms with van der Waals surface area (Å²) in [6.45, 7) is 3.60. The molecule has 5 heteroatoms. The monoisotopic (exact) mass is 297 g/mol. The summed E-state index contributed by atoms with van der Waals surface area (Å²) >= 11 is 3.37. The molecule has 1 aromatic rings. The first-order chi connectivity index (χ1) is 8.05. The minimum absolute atomic E-state index is 0.108. The van der Waals surface area contributed by atoms with Gasteiger partial charge in [0.1, 0.15) is 5.82 Å². The van der Waals surface area contributed by atoms with Gasteiger partial charge in [-0.05, 0) is 41.4 Å². The van der Waals surface area contributed by atoms with Crippen molar-refractivity contribution in [3.8, 4) is 0 Å². The Morgan fingerprint density at radius 2 is 2.35 bits per heavy atom. The van der Waals surface area contributed by atoms with Crippen LogP contribution in [0.15, 0.2) is 22.8 Å². The highest BCUT2D eigenvalue weighted by Gasteiger charge is 2.40. The van der Waals surface area contributed by atoms with Crippen molar-refractivity contribution in [1.29, 1.82) is 0 Å². The number of nitrogens with one attached hydrogen (secondary N) is 1. The van der Waals surface area contributed by atoms with Crippen LogP contribution < -0.4 is 10.2 Å². The average Bonchev–Trinajstić information content (AvgIpc) is 2.73. The number of amides is 1. The minimum atomic E-state index is -0.302. The van der Waals surface area contributed by atoms with E-state index >= 15 is 0 Å². The molecule has 92 valence electrons. The Morgan fingerprint density at radius 1 is 1.59 bits per heavy atom. The third-order valence-electron chi connectivity index (χ3n) is 3.28. The van der Waals surface area contributed by atoms with Gasteiger partial charge in [0.05, 0.1) is 5.41 Å². The molecule has 1 aliphatic heterocycles. The van der Waals surface area contributed by atoms with Gasteiger partial charge in [0.2, 0.25) is 5.91 Å². The Hall–Kier alpha value is -1.10. The second-order valence-electron chi connectivity index (χ2n) is 4.65. The first-order valence-corrected chi connectivity index (χ1v) is 6.43. The van der Waals surface area contributed by atoms with Gasteiger partial charge in [-0.15, -0.1) is 0 Å². The van der Waals surface area contributed by atoms with Crippen LogP contribution in [-0.4, -0.2) is 31.0 Å². The average molecular weight is 298 g/mol. The molecule has 1 fully saturated rings. The summed E-state index contributed by atoms with van der Waals surface area (Å²) in [5.74, 6) is 1.04. The lowest BCUT2D eigenvalue weighted by Crippen LogP contribution is -2.39. The van der Waals surface area contributed by atoms with E-state index < -0.39 is 0 Å². The molecule has 0 saturated carbocycles. The molecule has 1 saturated heterocycles. The summed E-state index contributed by atoms with van der Waals surface area (Å²) < 4.78 is 0.967. The zero-order valence-electron chi connectivity index (χ0n) is 10.0.